The highest BCUT2D eigenvalue weighted by atomic mass is 16.6. The molecule has 5 aliphatic rings. The van der Waals surface area contributed by atoms with Crippen molar-refractivity contribution in [2.45, 2.75) is 156 Å². The Bertz CT molecular complexity index is 925. The van der Waals surface area contributed by atoms with Crippen LogP contribution in [0.4, 0.5) is 0 Å². The Labute approximate surface area is 243 Å². The Kier molecular flexibility index (Phi) is 8.75. The summed E-state index contributed by atoms with van der Waals surface area (Å²) >= 11 is 0. The van der Waals surface area contributed by atoms with Gasteiger partial charge in [0, 0.05) is 6.42 Å². The Morgan fingerprint density at radius 1 is 0.900 bits per heavy atom. The van der Waals surface area contributed by atoms with E-state index in [9.17, 15) is 14.7 Å². The van der Waals surface area contributed by atoms with E-state index in [-0.39, 0.29) is 46.5 Å². The SMILES string of the molecule is CCC(C)C(=O)O[C@H]1CC[C@@]2(C)C(C1)C[C@@H](O)C1C3CCC(C(C)CCC(=O)OC4(C)CCCC4)[C@@]3(C)CCC12. The zero-order chi connectivity index (χ0) is 28.9. The number of ether oxygens (including phenoxy) is 2. The van der Waals surface area contributed by atoms with Crippen LogP contribution in [-0.2, 0) is 19.1 Å². The number of esters is 2. The minimum absolute atomic E-state index is 0.00763. The van der Waals surface area contributed by atoms with Crippen LogP contribution >= 0.6 is 0 Å². The maximum Gasteiger partial charge on any atom is 0.308 e. The van der Waals surface area contributed by atoms with Crippen molar-refractivity contribution in [1.82, 2.24) is 0 Å². The van der Waals surface area contributed by atoms with Crippen LogP contribution in [0.5, 0.6) is 0 Å². The van der Waals surface area contributed by atoms with Gasteiger partial charge in [0.05, 0.1) is 12.0 Å². The molecule has 0 saturated heterocycles. The lowest BCUT2D eigenvalue weighted by Gasteiger charge is -2.62. The fourth-order valence-electron chi connectivity index (χ4n) is 10.8. The summed E-state index contributed by atoms with van der Waals surface area (Å²) in [5, 5.41) is 11.7. The number of hydrogen-bond donors (Lipinski definition) is 1. The highest BCUT2D eigenvalue weighted by Gasteiger charge is 2.63. The molecule has 11 atom stereocenters. The molecule has 5 aliphatic carbocycles. The second kappa shape index (κ2) is 11.5. The lowest BCUT2D eigenvalue weighted by molar-refractivity contribution is -0.184. The van der Waals surface area contributed by atoms with Crippen molar-refractivity contribution in [2.24, 2.45) is 52.3 Å². The van der Waals surface area contributed by atoms with Crippen LogP contribution in [0.1, 0.15) is 138 Å². The molecule has 5 heteroatoms. The van der Waals surface area contributed by atoms with Gasteiger partial charge in [-0.25, -0.2) is 0 Å². The number of fused-ring (bicyclic) bond motifs is 5. The summed E-state index contributed by atoms with van der Waals surface area (Å²) in [6, 6.07) is 0. The normalized spacial score (nSPS) is 43.6. The first-order valence-corrected chi connectivity index (χ1v) is 17.0. The molecule has 5 nitrogen and oxygen atoms in total. The molecule has 0 amide bonds. The topological polar surface area (TPSA) is 72.8 Å². The lowest BCUT2D eigenvalue weighted by atomic mass is 9.43. The third kappa shape index (κ3) is 5.51. The van der Waals surface area contributed by atoms with Crippen LogP contribution in [0.15, 0.2) is 0 Å². The minimum atomic E-state index is -0.257. The van der Waals surface area contributed by atoms with E-state index in [0.29, 0.717) is 41.9 Å². The Morgan fingerprint density at radius 3 is 2.27 bits per heavy atom. The summed E-state index contributed by atoms with van der Waals surface area (Å²) < 4.78 is 11.9. The molecule has 0 aromatic rings. The van der Waals surface area contributed by atoms with Crippen molar-refractivity contribution >= 4 is 11.9 Å². The fourth-order valence-corrected chi connectivity index (χ4v) is 10.8. The molecule has 7 unspecified atom stereocenters. The summed E-state index contributed by atoms with van der Waals surface area (Å²) in [6.45, 7) is 13.5. The van der Waals surface area contributed by atoms with E-state index < -0.39 is 0 Å². The predicted octanol–water partition coefficient (Wildman–Crippen LogP) is 7.87. The van der Waals surface area contributed by atoms with Crippen molar-refractivity contribution in [2.75, 3.05) is 0 Å². The summed E-state index contributed by atoms with van der Waals surface area (Å²) in [7, 11) is 0. The maximum absolute atomic E-state index is 12.7. The highest BCUT2D eigenvalue weighted by molar-refractivity contribution is 5.72. The number of rotatable bonds is 8. The Balaban J connectivity index is 1.21. The standard InChI is InChI=1S/C35H58O5/c1-7-22(2)32(38)39-25-14-18-34(5)24(20-25)21-29(36)31-27-12-11-26(35(27,6)19-15-28(31)34)23(3)10-13-30(37)40-33(4)16-8-9-17-33/h22-29,31,36H,7-21H2,1-6H3/t22?,23?,24?,25-,26?,27?,28?,29+,31?,34-,35+/m0/s1. The average Bonchev–Trinajstić information content (AvgIpc) is 3.50. The quantitative estimate of drug-likeness (QED) is 0.307. The largest absolute Gasteiger partial charge is 0.462 e. The maximum atomic E-state index is 12.7. The third-order valence-electron chi connectivity index (χ3n) is 13.5. The van der Waals surface area contributed by atoms with Crippen LogP contribution in [0.25, 0.3) is 0 Å². The highest BCUT2D eigenvalue weighted by Crippen LogP contribution is 2.68. The second-order valence-electron chi connectivity index (χ2n) is 15.8. The molecule has 0 radical (unpaired) electrons. The zero-order valence-corrected chi connectivity index (χ0v) is 26.4. The van der Waals surface area contributed by atoms with Gasteiger partial charge in [0.25, 0.3) is 0 Å². The van der Waals surface area contributed by atoms with E-state index in [1.54, 1.807) is 0 Å². The van der Waals surface area contributed by atoms with E-state index in [1.165, 1.54) is 38.5 Å². The van der Waals surface area contributed by atoms with Crippen LogP contribution in [0.3, 0.4) is 0 Å². The average molecular weight is 559 g/mol. The van der Waals surface area contributed by atoms with Gasteiger partial charge < -0.3 is 14.6 Å². The van der Waals surface area contributed by atoms with Crippen LogP contribution in [0.2, 0.25) is 0 Å². The molecule has 40 heavy (non-hydrogen) atoms. The number of carbonyl (C=O) groups excluding carboxylic acids is 2. The molecular weight excluding hydrogens is 500 g/mol. The molecule has 5 fully saturated rings. The van der Waals surface area contributed by atoms with Gasteiger partial charge in [-0.05, 0) is 143 Å². The summed E-state index contributed by atoms with van der Waals surface area (Å²) in [5.41, 5.74) is 0.242. The van der Waals surface area contributed by atoms with E-state index in [4.69, 9.17) is 9.47 Å². The predicted molar refractivity (Wildman–Crippen MR) is 157 cm³/mol. The first-order chi connectivity index (χ1) is 18.9. The van der Waals surface area contributed by atoms with Gasteiger partial charge in [-0.2, -0.15) is 0 Å². The number of aliphatic hydroxyl groups is 1. The molecule has 0 spiro atoms. The van der Waals surface area contributed by atoms with Gasteiger partial charge in [0.15, 0.2) is 0 Å². The molecule has 1 N–H and O–H groups in total. The van der Waals surface area contributed by atoms with Crippen molar-refractivity contribution in [3.63, 3.8) is 0 Å². The van der Waals surface area contributed by atoms with E-state index in [2.05, 4.69) is 27.7 Å². The van der Waals surface area contributed by atoms with Crippen molar-refractivity contribution in [3.05, 3.63) is 0 Å². The van der Waals surface area contributed by atoms with Crippen LogP contribution < -0.4 is 0 Å². The zero-order valence-electron chi connectivity index (χ0n) is 26.4. The molecule has 0 aromatic carbocycles. The Morgan fingerprint density at radius 2 is 1.57 bits per heavy atom. The van der Waals surface area contributed by atoms with Crippen LogP contribution in [-0.4, -0.2) is 34.9 Å². The summed E-state index contributed by atoms with van der Waals surface area (Å²) in [5.74, 6) is 2.95. The van der Waals surface area contributed by atoms with Crippen molar-refractivity contribution in [1.29, 1.82) is 0 Å². The monoisotopic (exact) mass is 558 g/mol. The molecule has 0 aromatic heterocycles. The van der Waals surface area contributed by atoms with Gasteiger partial charge >= 0.3 is 11.9 Å². The Hall–Kier alpha value is -1.10. The molecule has 5 saturated carbocycles. The smallest absolute Gasteiger partial charge is 0.308 e. The first-order valence-electron chi connectivity index (χ1n) is 17.0. The minimum Gasteiger partial charge on any atom is -0.462 e. The van der Waals surface area contributed by atoms with Gasteiger partial charge in [-0.3, -0.25) is 9.59 Å². The van der Waals surface area contributed by atoms with Crippen molar-refractivity contribution < 1.29 is 24.2 Å². The third-order valence-corrected chi connectivity index (χ3v) is 13.5. The van der Waals surface area contributed by atoms with Gasteiger partial charge in [-0.1, -0.05) is 34.6 Å². The number of aliphatic hydroxyl groups excluding tert-OH is 1. The molecule has 228 valence electrons. The number of carbonyl (C=O) groups is 2. The van der Waals surface area contributed by atoms with Crippen LogP contribution in [0, 0.1) is 52.3 Å². The van der Waals surface area contributed by atoms with E-state index in [1.807, 2.05) is 13.8 Å². The lowest BCUT2D eigenvalue weighted by Crippen LogP contribution is -2.58. The van der Waals surface area contributed by atoms with Gasteiger partial charge in [-0.15, -0.1) is 0 Å². The first kappa shape index (κ1) is 30.4. The van der Waals surface area contributed by atoms with Gasteiger partial charge in [0.2, 0.25) is 0 Å². The van der Waals surface area contributed by atoms with E-state index in [0.717, 1.165) is 51.4 Å². The summed E-state index contributed by atoms with van der Waals surface area (Å²) in [6.07, 6.45) is 15.1. The molecule has 5 rings (SSSR count). The number of hydrogen-bond acceptors (Lipinski definition) is 5. The van der Waals surface area contributed by atoms with E-state index >= 15 is 0 Å². The summed E-state index contributed by atoms with van der Waals surface area (Å²) in [4.78, 5) is 25.2. The fraction of sp³-hybridized carbons (Fsp3) is 0.943. The molecule has 0 aliphatic heterocycles. The van der Waals surface area contributed by atoms with Gasteiger partial charge in [0.1, 0.15) is 11.7 Å². The molecule has 0 bridgehead atoms. The molecule has 0 heterocycles. The second-order valence-corrected chi connectivity index (χ2v) is 15.8. The molecular formula is C35H58O5. The van der Waals surface area contributed by atoms with Crippen molar-refractivity contribution in [3.8, 4) is 0 Å².